The minimum Gasteiger partial charge on any atom is -0.446 e. The Bertz CT molecular complexity index is 1350. The number of alkyl carbamates (subject to hydrolysis) is 1. The number of Topliss-reactive ketones (excluding diaryl/α,β-unsaturated/α-hetero) is 1. The van der Waals surface area contributed by atoms with Crippen molar-refractivity contribution in [2.75, 3.05) is 67.5 Å². The van der Waals surface area contributed by atoms with Gasteiger partial charge in [0.25, 0.3) is 0 Å². The standard InChI is InChI=1S/C44H76IN5O4/c1-30(2)13-10-14-31(3)34-15-16-35-43(34,5)21-19-36-42(4)20-18-33(29-32(42)17-22-44(35,36)45)54-41(53)47-24-23-46-37-38(40(52)39(37)51)50(27-11-25-48(6)7)28-12-26-49(8)9/h17,30-31,33-36,40,46,52H,10-16,18-29H2,1-9H3,(H,47,53)/t31-,33?,34-,35-,36-,40?,42?,43?,44?/m1/s1. The van der Waals surface area contributed by atoms with Gasteiger partial charge in [-0.15, -0.1) is 0 Å². The number of nitrogens with zero attached hydrogens (tertiary/aromatic N) is 3. The molecule has 3 fully saturated rings. The molecule has 54 heavy (non-hydrogen) atoms. The summed E-state index contributed by atoms with van der Waals surface area (Å²) in [6.45, 7) is 16.6. The van der Waals surface area contributed by atoms with Crippen LogP contribution in [0.3, 0.4) is 0 Å². The van der Waals surface area contributed by atoms with Crippen LogP contribution in [0.5, 0.6) is 0 Å². The molecule has 5 unspecified atom stereocenters. The van der Waals surface area contributed by atoms with Crippen LogP contribution in [-0.4, -0.2) is 115 Å². The fourth-order valence-electron chi connectivity index (χ4n) is 11.8. The van der Waals surface area contributed by atoms with E-state index in [0.29, 0.717) is 39.2 Å². The summed E-state index contributed by atoms with van der Waals surface area (Å²) in [5.41, 5.74) is 3.31. The number of hydrogen-bond acceptors (Lipinski definition) is 8. The second kappa shape index (κ2) is 18.5. The maximum Gasteiger partial charge on any atom is 0.407 e. The Kier molecular flexibility index (Phi) is 15.0. The van der Waals surface area contributed by atoms with E-state index in [2.05, 4.69) is 117 Å². The highest BCUT2D eigenvalue weighted by atomic mass is 127. The van der Waals surface area contributed by atoms with E-state index in [9.17, 15) is 14.7 Å². The number of aliphatic hydroxyl groups is 1. The second-order valence-electron chi connectivity index (χ2n) is 19.4. The van der Waals surface area contributed by atoms with Crippen LogP contribution in [0.25, 0.3) is 0 Å². The topological polar surface area (TPSA) is 97.4 Å². The minimum absolute atomic E-state index is 0.106. The Labute approximate surface area is 342 Å². The maximum absolute atomic E-state index is 13.0. The molecule has 9 atom stereocenters. The molecule has 0 aromatic carbocycles. The normalized spacial score (nSPS) is 33.9. The summed E-state index contributed by atoms with van der Waals surface area (Å²) in [7, 11) is 8.23. The van der Waals surface area contributed by atoms with Gasteiger partial charge in [0.15, 0.2) is 6.10 Å². The van der Waals surface area contributed by atoms with Crippen LogP contribution < -0.4 is 10.6 Å². The molecule has 9 nitrogen and oxygen atoms in total. The molecule has 1 amide bonds. The molecule has 5 aliphatic rings. The van der Waals surface area contributed by atoms with E-state index in [1.165, 1.54) is 50.5 Å². The molecule has 3 saturated carbocycles. The SMILES string of the molecule is CC(C)CCC[C@@H](C)[C@H]1CC[C@@H]2C1(C)CC[C@@H]1C3(C)CCC(OC(=O)NCCNC4=C(N(CCCN(C)C)CCCN(C)C)C(O)C4=O)CC3=CCC12I. The summed E-state index contributed by atoms with van der Waals surface area (Å²) in [5, 5.41) is 16.8. The summed E-state index contributed by atoms with van der Waals surface area (Å²) in [6.07, 6.45) is 16.4. The third-order valence-electron chi connectivity index (χ3n) is 14.7. The Hall–Kier alpha value is -1.37. The molecule has 0 saturated heterocycles. The summed E-state index contributed by atoms with van der Waals surface area (Å²) in [6, 6.07) is 0. The number of hydrogen-bond donors (Lipinski definition) is 3. The van der Waals surface area contributed by atoms with Crippen molar-refractivity contribution in [2.45, 2.75) is 134 Å². The summed E-state index contributed by atoms with van der Waals surface area (Å²) >= 11 is 2.95. The van der Waals surface area contributed by atoms with Crippen LogP contribution in [0.4, 0.5) is 4.79 Å². The molecule has 0 aliphatic heterocycles. The molecule has 5 rings (SSSR count). The highest BCUT2D eigenvalue weighted by molar-refractivity contribution is 14.1. The third-order valence-corrected chi connectivity index (χ3v) is 16.6. The molecule has 0 spiro atoms. The minimum atomic E-state index is -1.09. The van der Waals surface area contributed by atoms with Gasteiger partial charge in [-0.3, -0.25) is 4.79 Å². The van der Waals surface area contributed by atoms with Crippen LogP contribution in [0.15, 0.2) is 23.0 Å². The van der Waals surface area contributed by atoms with Gasteiger partial charge in [-0.2, -0.15) is 0 Å². The summed E-state index contributed by atoms with van der Waals surface area (Å²) < 4.78 is 6.35. The molecule has 3 N–H and O–H groups in total. The Balaban J connectivity index is 1.12. The number of allylic oxidation sites excluding steroid dienone is 1. The smallest absolute Gasteiger partial charge is 0.407 e. The number of ketones is 1. The summed E-state index contributed by atoms with van der Waals surface area (Å²) in [4.78, 5) is 32.2. The second-order valence-corrected chi connectivity index (χ2v) is 21.4. The van der Waals surface area contributed by atoms with Crippen LogP contribution in [0.2, 0.25) is 0 Å². The van der Waals surface area contributed by atoms with E-state index in [-0.39, 0.29) is 23.4 Å². The quantitative estimate of drug-likeness (QED) is 0.0529. The van der Waals surface area contributed by atoms with Crippen LogP contribution in [0.1, 0.15) is 118 Å². The van der Waals surface area contributed by atoms with Gasteiger partial charge >= 0.3 is 6.09 Å². The van der Waals surface area contributed by atoms with Gasteiger partial charge in [0.05, 0.1) is 5.70 Å². The Morgan fingerprint density at radius 2 is 1.61 bits per heavy atom. The number of fused-ring (bicyclic) bond motifs is 5. The first kappa shape index (κ1) is 43.7. The van der Waals surface area contributed by atoms with Crippen molar-refractivity contribution in [3.05, 3.63) is 23.0 Å². The van der Waals surface area contributed by atoms with Crippen molar-refractivity contribution in [3.8, 4) is 0 Å². The fourth-order valence-corrected chi connectivity index (χ4v) is 14.0. The van der Waals surface area contributed by atoms with Gasteiger partial charge in [0.2, 0.25) is 5.78 Å². The predicted molar refractivity (Wildman–Crippen MR) is 229 cm³/mol. The molecule has 0 aromatic heterocycles. The van der Waals surface area contributed by atoms with Crippen molar-refractivity contribution in [2.24, 2.45) is 40.4 Å². The van der Waals surface area contributed by atoms with Crippen molar-refractivity contribution < 1.29 is 19.4 Å². The zero-order chi connectivity index (χ0) is 39.4. The number of nitrogens with one attached hydrogen (secondary N) is 2. The molecular weight excluding hydrogens is 789 g/mol. The number of carbonyl (C=O) groups is 2. The number of ether oxygens (including phenoxy) is 1. The van der Waals surface area contributed by atoms with Gasteiger partial charge in [-0.05, 0) is 139 Å². The average molecular weight is 866 g/mol. The molecule has 0 radical (unpaired) electrons. The molecule has 0 aromatic rings. The van der Waals surface area contributed by atoms with E-state index in [1.807, 2.05) is 0 Å². The lowest BCUT2D eigenvalue weighted by molar-refractivity contribution is -0.126. The van der Waals surface area contributed by atoms with Crippen LogP contribution in [0, 0.1) is 40.4 Å². The lowest BCUT2D eigenvalue weighted by atomic mass is 9.47. The van der Waals surface area contributed by atoms with E-state index < -0.39 is 6.10 Å². The first-order chi connectivity index (χ1) is 25.5. The first-order valence-electron chi connectivity index (χ1n) is 21.6. The molecule has 5 aliphatic carbocycles. The van der Waals surface area contributed by atoms with Crippen LogP contribution in [-0.2, 0) is 9.53 Å². The molecule has 0 bridgehead atoms. The van der Waals surface area contributed by atoms with E-state index in [4.69, 9.17) is 4.74 Å². The predicted octanol–water partition coefficient (Wildman–Crippen LogP) is 7.63. The van der Waals surface area contributed by atoms with Crippen LogP contribution >= 0.6 is 22.6 Å². The lowest BCUT2D eigenvalue weighted by Gasteiger charge is -2.62. The monoisotopic (exact) mass is 865 g/mol. The van der Waals surface area contributed by atoms with Crippen molar-refractivity contribution in [3.63, 3.8) is 0 Å². The van der Waals surface area contributed by atoms with Gasteiger partial charge < -0.3 is 35.2 Å². The van der Waals surface area contributed by atoms with Crippen molar-refractivity contribution in [1.82, 2.24) is 25.3 Å². The Morgan fingerprint density at radius 1 is 0.926 bits per heavy atom. The van der Waals surface area contributed by atoms with Gasteiger partial charge in [-0.25, -0.2) is 4.79 Å². The largest absolute Gasteiger partial charge is 0.446 e. The number of rotatable bonds is 19. The van der Waals surface area contributed by atoms with E-state index >= 15 is 0 Å². The van der Waals surface area contributed by atoms with E-state index in [0.717, 1.165) is 88.4 Å². The zero-order valence-electron chi connectivity index (χ0n) is 35.4. The number of amides is 1. The van der Waals surface area contributed by atoms with Gasteiger partial charge in [-0.1, -0.05) is 88.1 Å². The van der Waals surface area contributed by atoms with Gasteiger partial charge in [0, 0.05) is 36.0 Å². The number of alkyl halides is 1. The number of halogens is 1. The number of aliphatic hydroxyl groups excluding tert-OH is 1. The van der Waals surface area contributed by atoms with Gasteiger partial charge in [0.1, 0.15) is 11.8 Å². The lowest BCUT2D eigenvalue weighted by Crippen LogP contribution is -2.58. The maximum atomic E-state index is 13.0. The summed E-state index contributed by atoms with van der Waals surface area (Å²) in [5.74, 6) is 3.65. The van der Waals surface area contributed by atoms with Crippen molar-refractivity contribution in [1.29, 1.82) is 0 Å². The Morgan fingerprint density at radius 3 is 2.26 bits per heavy atom. The highest BCUT2D eigenvalue weighted by Crippen LogP contribution is 2.71. The molecule has 10 heteroatoms. The highest BCUT2D eigenvalue weighted by Gasteiger charge is 2.65. The zero-order valence-corrected chi connectivity index (χ0v) is 37.6. The molecule has 0 heterocycles. The molecule has 308 valence electrons. The number of carbonyl (C=O) groups excluding carboxylic acids is 2. The van der Waals surface area contributed by atoms with Crippen molar-refractivity contribution >= 4 is 34.5 Å². The van der Waals surface area contributed by atoms with E-state index in [1.54, 1.807) is 0 Å². The molecular formula is C44H76IN5O4. The average Bonchev–Trinajstić information content (AvgIpc) is 3.47. The third kappa shape index (κ3) is 9.49. The first-order valence-corrected chi connectivity index (χ1v) is 22.7. The fraction of sp³-hybridized carbons (Fsp3) is 0.864.